The summed E-state index contributed by atoms with van der Waals surface area (Å²) in [6.45, 7) is -0.963. The van der Waals surface area contributed by atoms with Crippen LogP contribution in [-0.4, -0.2) is 55.0 Å². The van der Waals surface area contributed by atoms with Crippen molar-refractivity contribution >= 4 is 28.1 Å². The first-order valence-electron chi connectivity index (χ1n) is 8.63. The number of aromatic amines is 1. The Morgan fingerprint density at radius 1 is 1.23 bits per heavy atom. The second-order valence-electron chi connectivity index (χ2n) is 8.02. The largest absolute Gasteiger partial charge is 0.346 e. The first-order chi connectivity index (χ1) is 12.4. The molecule has 3 aromatic rings. The number of urea groups is 1. The predicted molar refractivity (Wildman–Crippen MR) is 89.0 cm³/mol. The van der Waals surface area contributed by atoms with Gasteiger partial charge in [0.2, 0.25) is 0 Å². The summed E-state index contributed by atoms with van der Waals surface area (Å²) in [4.78, 5) is 25.3. The number of carbonyl (C=O) groups is 1. The normalized spacial score (nSPS) is 31.4. The SMILES string of the molecule is O=C(NC12CC(n3cnc4cnc5[nH]ccc5c43)(C1)C2)N1CC(F)(F)C1. The van der Waals surface area contributed by atoms with Gasteiger partial charge in [-0.2, -0.15) is 0 Å². The van der Waals surface area contributed by atoms with Gasteiger partial charge in [-0.3, -0.25) is 0 Å². The van der Waals surface area contributed by atoms with Crippen LogP contribution in [0.15, 0.2) is 24.8 Å². The highest BCUT2D eigenvalue weighted by atomic mass is 19.3. The quantitative estimate of drug-likeness (QED) is 0.737. The Morgan fingerprint density at radius 2 is 2.00 bits per heavy atom. The number of amides is 2. The van der Waals surface area contributed by atoms with Crippen molar-refractivity contribution in [2.45, 2.75) is 36.3 Å². The van der Waals surface area contributed by atoms with E-state index in [4.69, 9.17) is 0 Å². The number of H-pyrrole nitrogens is 1. The zero-order valence-corrected chi connectivity index (χ0v) is 13.8. The molecule has 4 aliphatic rings. The third kappa shape index (κ3) is 1.68. The number of alkyl halides is 2. The van der Waals surface area contributed by atoms with Gasteiger partial charge in [0.05, 0.1) is 36.7 Å². The molecule has 9 heteroatoms. The highest BCUT2D eigenvalue weighted by molar-refractivity contribution is 6.01. The Hall–Kier alpha value is -2.71. The number of hydrogen-bond acceptors (Lipinski definition) is 3. The first kappa shape index (κ1) is 14.5. The van der Waals surface area contributed by atoms with Crippen LogP contribution in [0.4, 0.5) is 13.6 Å². The number of nitrogens with zero attached hydrogens (tertiary/aromatic N) is 4. The van der Waals surface area contributed by atoms with E-state index in [9.17, 15) is 13.6 Å². The number of hydrogen-bond donors (Lipinski definition) is 2. The van der Waals surface area contributed by atoms with Crippen molar-refractivity contribution < 1.29 is 13.6 Å². The molecule has 2 amide bonds. The van der Waals surface area contributed by atoms with Crippen LogP contribution < -0.4 is 5.32 Å². The van der Waals surface area contributed by atoms with Gasteiger partial charge in [0.1, 0.15) is 11.2 Å². The van der Waals surface area contributed by atoms with Gasteiger partial charge in [-0.05, 0) is 25.3 Å². The summed E-state index contributed by atoms with van der Waals surface area (Å²) >= 11 is 0. The molecule has 0 unspecified atom stereocenters. The van der Waals surface area contributed by atoms with Crippen molar-refractivity contribution in [3.63, 3.8) is 0 Å². The number of fused-ring (bicyclic) bond motifs is 3. The van der Waals surface area contributed by atoms with Crippen LogP contribution >= 0.6 is 0 Å². The molecule has 7 nitrogen and oxygen atoms in total. The zero-order valence-electron chi connectivity index (χ0n) is 13.8. The molecule has 3 saturated carbocycles. The molecule has 0 atom stereocenters. The Kier molecular flexibility index (Phi) is 2.31. The van der Waals surface area contributed by atoms with E-state index in [-0.39, 0.29) is 17.1 Å². The van der Waals surface area contributed by atoms with Crippen molar-refractivity contribution in [1.29, 1.82) is 0 Å². The molecule has 0 radical (unpaired) electrons. The van der Waals surface area contributed by atoms with E-state index in [1.54, 1.807) is 6.20 Å². The standard InChI is InChI=1S/C17H16F2N6O/c18-17(19)7-24(8-17)14(26)23-15-4-16(5-15,6-15)25-9-22-11-3-21-13-10(12(11)25)1-2-20-13/h1-3,9H,4-8H2,(H,20,21)(H,23,26). The fourth-order valence-corrected chi connectivity index (χ4v) is 4.95. The van der Waals surface area contributed by atoms with Crippen molar-refractivity contribution in [2.24, 2.45) is 0 Å². The van der Waals surface area contributed by atoms with E-state index in [2.05, 4.69) is 24.8 Å². The summed E-state index contributed by atoms with van der Waals surface area (Å²) in [6, 6.07) is 1.62. The van der Waals surface area contributed by atoms with Crippen LogP contribution in [-0.2, 0) is 5.54 Å². The first-order valence-corrected chi connectivity index (χ1v) is 8.63. The maximum Gasteiger partial charge on any atom is 0.318 e. The smallest absolute Gasteiger partial charge is 0.318 e. The zero-order chi connectivity index (χ0) is 17.7. The molecule has 3 aromatic heterocycles. The number of nitrogens with one attached hydrogen (secondary N) is 2. The van der Waals surface area contributed by atoms with Crippen LogP contribution in [0.5, 0.6) is 0 Å². The summed E-state index contributed by atoms with van der Waals surface area (Å²) < 4.78 is 28.1. The maximum absolute atomic E-state index is 12.9. The minimum absolute atomic E-state index is 0.0491. The molecule has 1 saturated heterocycles. The third-order valence-corrected chi connectivity index (χ3v) is 6.11. The molecule has 2 bridgehead atoms. The highest BCUT2D eigenvalue weighted by Crippen LogP contribution is 2.66. The van der Waals surface area contributed by atoms with E-state index in [0.29, 0.717) is 0 Å². The van der Waals surface area contributed by atoms with Gasteiger partial charge in [0, 0.05) is 17.1 Å². The molecule has 1 aliphatic heterocycles. The van der Waals surface area contributed by atoms with Crippen LogP contribution in [0.2, 0.25) is 0 Å². The van der Waals surface area contributed by atoms with Gasteiger partial charge >= 0.3 is 6.03 Å². The second kappa shape index (κ2) is 4.16. The molecule has 4 heterocycles. The molecular formula is C17H16F2N6O. The Labute approximate surface area is 146 Å². The van der Waals surface area contributed by atoms with E-state index in [1.165, 1.54) is 4.90 Å². The maximum atomic E-state index is 12.9. The second-order valence-corrected chi connectivity index (χ2v) is 8.02. The molecule has 0 aromatic carbocycles. The van der Waals surface area contributed by atoms with Gasteiger partial charge < -0.3 is 19.8 Å². The van der Waals surface area contributed by atoms with Gasteiger partial charge in [-0.15, -0.1) is 0 Å². The average molecular weight is 358 g/mol. The summed E-state index contributed by atoms with van der Waals surface area (Å²) in [5.41, 5.74) is 2.42. The topological polar surface area (TPSA) is 78.8 Å². The molecule has 26 heavy (non-hydrogen) atoms. The number of rotatable bonds is 2. The summed E-state index contributed by atoms with van der Waals surface area (Å²) in [7, 11) is 0. The lowest BCUT2D eigenvalue weighted by Gasteiger charge is -2.71. The fourth-order valence-electron chi connectivity index (χ4n) is 4.95. The number of imidazole rings is 1. The minimum Gasteiger partial charge on any atom is -0.346 e. The lowest BCUT2D eigenvalue weighted by molar-refractivity contribution is -0.140. The third-order valence-electron chi connectivity index (χ3n) is 6.11. The van der Waals surface area contributed by atoms with Crippen molar-refractivity contribution in [2.75, 3.05) is 13.1 Å². The highest BCUT2D eigenvalue weighted by Gasteiger charge is 2.70. The van der Waals surface area contributed by atoms with Gasteiger partial charge in [-0.25, -0.2) is 23.5 Å². The van der Waals surface area contributed by atoms with Gasteiger partial charge in [-0.1, -0.05) is 0 Å². The predicted octanol–water partition coefficient (Wildman–Crippen LogP) is 2.20. The minimum atomic E-state index is -2.73. The van der Waals surface area contributed by atoms with Gasteiger partial charge in [0.25, 0.3) is 5.92 Å². The van der Waals surface area contributed by atoms with Crippen molar-refractivity contribution in [1.82, 2.24) is 29.7 Å². The van der Waals surface area contributed by atoms with Gasteiger partial charge in [0.15, 0.2) is 0 Å². The molecular weight excluding hydrogens is 342 g/mol. The summed E-state index contributed by atoms with van der Waals surface area (Å²) in [5.74, 6) is -2.73. The Balaban J connectivity index is 1.24. The van der Waals surface area contributed by atoms with E-state index in [0.717, 1.165) is 41.3 Å². The number of halogens is 2. The lowest BCUT2D eigenvalue weighted by Crippen LogP contribution is -2.80. The molecule has 134 valence electrons. The average Bonchev–Trinajstić information content (AvgIpc) is 3.12. The van der Waals surface area contributed by atoms with E-state index in [1.807, 2.05) is 18.6 Å². The fraction of sp³-hybridized carbons (Fsp3) is 0.471. The van der Waals surface area contributed by atoms with Crippen LogP contribution in [0.1, 0.15) is 19.3 Å². The number of likely N-dealkylation sites (tertiary alicyclic amines) is 1. The summed E-state index contributed by atoms with van der Waals surface area (Å²) in [5, 5.41) is 4.00. The number of pyridine rings is 1. The van der Waals surface area contributed by atoms with Crippen molar-refractivity contribution in [3.05, 3.63) is 24.8 Å². The molecule has 7 rings (SSSR count). The molecule has 2 N–H and O–H groups in total. The number of aromatic nitrogens is 4. The Morgan fingerprint density at radius 3 is 2.73 bits per heavy atom. The number of carbonyl (C=O) groups excluding carboxylic acids is 1. The monoisotopic (exact) mass is 358 g/mol. The lowest BCUT2D eigenvalue weighted by atomic mass is 9.44. The molecule has 0 spiro atoms. The van der Waals surface area contributed by atoms with Crippen LogP contribution in [0.3, 0.4) is 0 Å². The van der Waals surface area contributed by atoms with Crippen LogP contribution in [0, 0.1) is 0 Å². The van der Waals surface area contributed by atoms with E-state index < -0.39 is 19.0 Å². The molecule has 4 fully saturated rings. The molecule has 3 aliphatic carbocycles. The van der Waals surface area contributed by atoms with Crippen LogP contribution in [0.25, 0.3) is 22.1 Å². The van der Waals surface area contributed by atoms with Crippen molar-refractivity contribution in [3.8, 4) is 0 Å². The summed E-state index contributed by atoms with van der Waals surface area (Å²) in [6.07, 6.45) is 7.87. The van der Waals surface area contributed by atoms with E-state index >= 15 is 0 Å². The Bertz CT molecular complexity index is 1060.